The number of nitrogens with zero attached hydrogens (tertiary/aromatic N) is 2. The van der Waals surface area contributed by atoms with E-state index >= 15 is 0 Å². The lowest BCUT2D eigenvalue weighted by molar-refractivity contribution is 0.0954. The van der Waals surface area contributed by atoms with E-state index in [4.69, 9.17) is 0 Å². The van der Waals surface area contributed by atoms with Gasteiger partial charge in [0, 0.05) is 40.5 Å². The largest absolute Gasteiger partial charge is 0.352 e. The van der Waals surface area contributed by atoms with Crippen molar-refractivity contribution in [3.63, 3.8) is 0 Å². The Bertz CT molecular complexity index is 1230. The van der Waals surface area contributed by atoms with Crippen molar-refractivity contribution in [2.24, 2.45) is 10.4 Å². The molecule has 0 fully saturated rings. The van der Waals surface area contributed by atoms with E-state index in [0.717, 1.165) is 28.0 Å². The van der Waals surface area contributed by atoms with Gasteiger partial charge >= 0.3 is 0 Å². The fourth-order valence-electron chi connectivity index (χ4n) is 3.72. The van der Waals surface area contributed by atoms with Gasteiger partial charge in [-0.05, 0) is 36.2 Å². The Morgan fingerprint density at radius 2 is 2.00 bits per heavy atom. The molecule has 4 rings (SSSR count). The highest BCUT2D eigenvalue weighted by molar-refractivity contribution is 5.94. The van der Waals surface area contributed by atoms with E-state index in [1.807, 2.05) is 47.3 Å². The lowest BCUT2D eigenvalue weighted by Gasteiger charge is -2.12. The molecule has 2 aromatic carbocycles. The van der Waals surface area contributed by atoms with Gasteiger partial charge in [-0.2, -0.15) is 0 Å². The average molecular weight is 383 g/mol. The fraction of sp³-hybridized carbons (Fsp3) is 0.200. The molecular formula is C25H25N3O. The van der Waals surface area contributed by atoms with Crippen molar-refractivity contribution in [3.05, 3.63) is 89.2 Å². The molecule has 146 valence electrons. The van der Waals surface area contributed by atoms with Gasteiger partial charge in [-0.25, -0.2) is 4.99 Å². The number of benzene rings is 2. The molecule has 0 radical (unpaired) electrons. The normalized spacial score (nSPS) is 14.4. The van der Waals surface area contributed by atoms with E-state index in [2.05, 4.69) is 61.1 Å². The SMILES string of the molecule is C=Cn1c2c(c3cc(CCNC(=O)c4ccccc4)ccc31)=CC(C)(C)C=CN=2. The first-order valence-electron chi connectivity index (χ1n) is 9.85. The lowest BCUT2D eigenvalue weighted by atomic mass is 9.92. The number of carbonyl (C=O) groups excluding carboxylic acids is 1. The first-order chi connectivity index (χ1) is 14.0. The molecule has 1 aromatic heterocycles. The van der Waals surface area contributed by atoms with Crippen LogP contribution >= 0.6 is 0 Å². The van der Waals surface area contributed by atoms with Gasteiger partial charge in [0.05, 0.1) is 5.52 Å². The third kappa shape index (κ3) is 3.79. The molecule has 3 aromatic rings. The molecule has 1 N–H and O–H groups in total. The summed E-state index contributed by atoms with van der Waals surface area (Å²) in [7, 11) is 0. The Hall–Kier alpha value is -3.40. The molecule has 0 aliphatic carbocycles. The maximum absolute atomic E-state index is 12.2. The minimum absolute atomic E-state index is 0.0432. The number of allylic oxidation sites excluding steroid dienone is 1. The summed E-state index contributed by atoms with van der Waals surface area (Å²) >= 11 is 0. The molecule has 29 heavy (non-hydrogen) atoms. The van der Waals surface area contributed by atoms with Crippen LogP contribution < -0.4 is 16.0 Å². The van der Waals surface area contributed by atoms with Crippen LogP contribution in [-0.2, 0) is 6.42 Å². The minimum Gasteiger partial charge on any atom is -0.352 e. The monoisotopic (exact) mass is 383 g/mol. The van der Waals surface area contributed by atoms with Gasteiger partial charge in [-0.3, -0.25) is 4.79 Å². The predicted octanol–water partition coefficient (Wildman–Crippen LogP) is 3.67. The van der Waals surface area contributed by atoms with Crippen LogP contribution in [0.4, 0.5) is 0 Å². The Kier molecular flexibility index (Phi) is 4.93. The van der Waals surface area contributed by atoms with Crippen molar-refractivity contribution in [2.45, 2.75) is 20.3 Å². The molecule has 2 heterocycles. The number of rotatable bonds is 5. The zero-order valence-electron chi connectivity index (χ0n) is 16.9. The number of hydrogen-bond donors (Lipinski definition) is 1. The topological polar surface area (TPSA) is 46.4 Å². The molecule has 4 heteroatoms. The number of aromatic nitrogens is 1. The smallest absolute Gasteiger partial charge is 0.251 e. The third-order valence-corrected chi connectivity index (χ3v) is 5.21. The Morgan fingerprint density at radius 3 is 2.76 bits per heavy atom. The van der Waals surface area contributed by atoms with Gasteiger partial charge in [-0.15, -0.1) is 0 Å². The summed E-state index contributed by atoms with van der Waals surface area (Å²) in [6, 6.07) is 15.7. The molecule has 0 atom stereocenters. The molecule has 1 aliphatic rings. The molecule has 0 saturated heterocycles. The minimum atomic E-state index is -0.0747. The van der Waals surface area contributed by atoms with E-state index in [-0.39, 0.29) is 11.3 Å². The quantitative estimate of drug-likeness (QED) is 0.718. The van der Waals surface area contributed by atoms with Gasteiger partial charge in [0.25, 0.3) is 5.91 Å². The van der Waals surface area contributed by atoms with Crippen molar-refractivity contribution >= 4 is 29.1 Å². The zero-order chi connectivity index (χ0) is 20.4. The van der Waals surface area contributed by atoms with Gasteiger partial charge in [0.2, 0.25) is 0 Å². The molecular weight excluding hydrogens is 358 g/mol. The van der Waals surface area contributed by atoms with Crippen LogP contribution in [0.5, 0.6) is 0 Å². The average Bonchev–Trinajstić information content (AvgIpc) is 2.89. The second-order valence-electron chi connectivity index (χ2n) is 7.92. The first kappa shape index (κ1) is 18.9. The zero-order valence-corrected chi connectivity index (χ0v) is 16.9. The maximum Gasteiger partial charge on any atom is 0.251 e. The van der Waals surface area contributed by atoms with Crippen molar-refractivity contribution in [1.82, 2.24) is 9.88 Å². The van der Waals surface area contributed by atoms with Crippen molar-refractivity contribution in [2.75, 3.05) is 6.54 Å². The summed E-state index contributed by atoms with van der Waals surface area (Å²) in [5.41, 5.74) is 3.79. The van der Waals surface area contributed by atoms with Crippen LogP contribution in [0.15, 0.2) is 72.4 Å². The summed E-state index contributed by atoms with van der Waals surface area (Å²) in [4.78, 5) is 16.9. The van der Waals surface area contributed by atoms with Crippen LogP contribution in [0, 0.1) is 5.41 Å². The number of fused-ring (bicyclic) bond motifs is 3. The molecule has 0 bridgehead atoms. The summed E-state index contributed by atoms with van der Waals surface area (Å²) in [5, 5.41) is 5.29. The second-order valence-corrected chi connectivity index (χ2v) is 7.92. The van der Waals surface area contributed by atoms with Crippen LogP contribution in [-0.4, -0.2) is 17.0 Å². The van der Waals surface area contributed by atoms with Crippen molar-refractivity contribution in [3.8, 4) is 0 Å². The lowest BCUT2D eigenvalue weighted by Crippen LogP contribution is -2.28. The van der Waals surface area contributed by atoms with Gasteiger partial charge < -0.3 is 9.88 Å². The molecule has 4 nitrogen and oxygen atoms in total. The van der Waals surface area contributed by atoms with Crippen LogP contribution in [0.1, 0.15) is 29.8 Å². The fourth-order valence-corrected chi connectivity index (χ4v) is 3.72. The number of nitrogens with one attached hydrogen (secondary N) is 1. The predicted molar refractivity (Wildman–Crippen MR) is 119 cm³/mol. The Labute approximate surface area is 170 Å². The van der Waals surface area contributed by atoms with E-state index < -0.39 is 0 Å². The van der Waals surface area contributed by atoms with E-state index in [1.54, 1.807) is 0 Å². The van der Waals surface area contributed by atoms with Crippen LogP contribution in [0.25, 0.3) is 23.2 Å². The summed E-state index contributed by atoms with van der Waals surface area (Å²) in [6.07, 6.45) is 8.82. The highest BCUT2D eigenvalue weighted by atomic mass is 16.1. The summed E-state index contributed by atoms with van der Waals surface area (Å²) in [5.74, 6) is -0.0432. The highest BCUT2D eigenvalue weighted by Gasteiger charge is 2.16. The summed E-state index contributed by atoms with van der Waals surface area (Å²) in [6.45, 7) is 8.90. The maximum atomic E-state index is 12.2. The van der Waals surface area contributed by atoms with E-state index in [1.165, 1.54) is 5.56 Å². The van der Waals surface area contributed by atoms with Crippen molar-refractivity contribution < 1.29 is 4.79 Å². The number of amides is 1. The molecule has 1 aliphatic heterocycles. The van der Waals surface area contributed by atoms with Gasteiger partial charge in [0.1, 0.15) is 5.49 Å². The van der Waals surface area contributed by atoms with Crippen LogP contribution in [0.2, 0.25) is 0 Å². The molecule has 0 unspecified atom stereocenters. The molecule has 1 amide bonds. The van der Waals surface area contributed by atoms with E-state index in [9.17, 15) is 4.79 Å². The second kappa shape index (κ2) is 7.55. The Morgan fingerprint density at radius 1 is 1.21 bits per heavy atom. The van der Waals surface area contributed by atoms with Gasteiger partial charge in [0.15, 0.2) is 0 Å². The van der Waals surface area contributed by atoms with E-state index in [0.29, 0.717) is 12.1 Å². The molecule has 0 saturated carbocycles. The summed E-state index contributed by atoms with van der Waals surface area (Å²) < 4.78 is 2.04. The van der Waals surface area contributed by atoms with Gasteiger partial charge in [-0.1, -0.05) is 56.8 Å². The Balaban J connectivity index is 1.64. The number of carbonyl (C=O) groups is 1. The first-order valence-corrected chi connectivity index (χ1v) is 9.85. The number of hydrogen-bond acceptors (Lipinski definition) is 2. The molecule has 0 spiro atoms. The van der Waals surface area contributed by atoms with Crippen molar-refractivity contribution in [1.29, 1.82) is 0 Å². The third-order valence-electron chi connectivity index (χ3n) is 5.21. The standard InChI is InChI=1S/C25H25N3O/c1-4-28-22-11-10-18(12-14-27-24(29)19-8-6-5-7-9-19)16-20(22)21-17-25(2,3)13-15-26-23(21)28/h4-11,13,15-17H,1,12,14H2,2-3H3,(H,27,29). The van der Waals surface area contributed by atoms with Crippen LogP contribution in [0.3, 0.4) is 0 Å². The highest BCUT2D eigenvalue weighted by Crippen LogP contribution is 2.21.